The van der Waals surface area contributed by atoms with Crippen molar-refractivity contribution in [3.63, 3.8) is 0 Å². The quantitative estimate of drug-likeness (QED) is 0.681. The SMILES string of the molecule is C[C@@]1(c2ccccc2)NC(=O)N(CN2CCN(S(=O)(=O)c3ccc(F)c(F)c3)CC2)C1=O. The monoisotopic (exact) mass is 464 g/mol. The Balaban J connectivity index is 1.41. The van der Waals surface area contributed by atoms with Gasteiger partial charge in [0, 0.05) is 26.2 Å². The summed E-state index contributed by atoms with van der Waals surface area (Å²) in [5, 5.41) is 2.74. The van der Waals surface area contributed by atoms with Crippen LogP contribution in [0.15, 0.2) is 53.4 Å². The number of carbonyl (C=O) groups excluding carboxylic acids is 2. The summed E-state index contributed by atoms with van der Waals surface area (Å²) in [5.41, 5.74) is -0.501. The third-order valence-corrected chi connectivity index (χ3v) is 7.72. The van der Waals surface area contributed by atoms with E-state index in [1.54, 1.807) is 36.1 Å². The molecule has 0 aliphatic carbocycles. The van der Waals surface area contributed by atoms with Crippen LogP contribution in [0.25, 0.3) is 0 Å². The number of hydrogen-bond acceptors (Lipinski definition) is 5. The van der Waals surface area contributed by atoms with Gasteiger partial charge in [0.05, 0.1) is 11.6 Å². The van der Waals surface area contributed by atoms with Crippen molar-refractivity contribution in [3.8, 4) is 0 Å². The summed E-state index contributed by atoms with van der Waals surface area (Å²) >= 11 is 0. The Hall–Kier alpha value is -2.89. The molecule has 2 saturated heterocycles. The van der Waals surface area contributed by atoms with Crippen LogP contribution in [0.5, 0.6) is 0 Å². The van der Waals surface area contributed by atoms with E-state index in [1.165, 1.54) is 4.31 Å². The first kappa shape index (κ1) is 22.3. The fraction of sp³-hybridized carbons (Fsp3) is 0.333. The van der Waals surface area contributed by atoms with Gasteiger partial charge in [-0.1, -0.05) is 30.3 Å². The molecule has 32 heavy (non-hydrogen) atoms. The molecule has 3 amide bonds. The van der Waals surface area contributed by atoms with Crippen LogP contribution >= 0.6 is 0 Å². The maximum atomic E-state index is 13.5. The van der Waals surface area contributed by atoms with Gasteiger partial charge in [0.1, 0.15) is 5.54 Å². The molecule has 4 rings (SSSR count). The number of carbonyl (C=O) groups is 2. The molecule has 0 unspecified atom stereocenters. The molecule has 8 nitrogen and oxygen atoms in total. The van der Waals surface area contributed by atoms with E-state index >= 15 is 0 Å². The highest BCUT2D eigenvalue weighted by Gasteiger charge is 2.49. The van der Waals surface area contributed by atoms with Crippen LogP contribution in [0, 0.1) is 11.6 Å². The molecule has 11 heteroatoms. The number of halogens is 2. The molecule has 170 valence electrons. The Bertz CT molecular complexity index is 1150. The standard InChI is InChI=1S/C21H22F2N4O4S/c1-21(15-5-3-2-4-6-15)19(28)27(20(29)24-21)14-25-9-11-26(12-10-25)32(30,31)16-7-8-17(22)18(23)13-16/h2-8,13H,9-12,14H2,1H3,(H,24,29)/t21-/m0/s1. The number of piperazine rings is 1. The van der Waals surface area contributed by atoms with Gasteiger partial charge in [-0.05, 0) is 30.7 Å². The highest BCUT2D eigenvalue weighted by atomic mass is 32.2. The van der Waals surface area contributed by atoms with Crippen molar-refractivity contribution in [2.75, 3.05) is 32.8 Å². The number of hydrogen-bond donors (Lipinski definition) is 1. The first-order chi connectivity index (χ1) is 15.1. The molecule has 2 aromatic rings. The minimum Gasteiger partial charge on any atom is -0.319 e. The fourth-order valence-electron chi connectivity index (χ4n) is 3.89. The zero-order valence-corrected chi connectivity index (χ0v) is 18.1. The van der Waals surface area contributed by atoms with Gasteiger partial charge < -0.3 is 5.32 Å². The van der Waals surface area contributed by atoms with Gasteiger partial charge in [-0.3, -0.25) is 9.69 Å². The van der Waals surface area contributed by atoms with Crippen molar-refractivity contribution in [3.05, 3.63) is 65.7 Å². The Labute approximate surface area is 184 Å². The second kappa shape index (κ2) is 8.23. The number of amides is 3. The summed E-state index contributed by atoms with van der Waals surface area (Å²) in [4.78, 5) is 28.1. The summed E-state index contributed by atoms with van der Waals surface area (Å²) < 4.78 is 53.3. The van der Waals surface area contributed by atoms with Gasteiger partial charge in [-0.15, -0.1) is 0 Å². The van der Waals surface area contributed by atoms with E-state index in [2.05, 4.69) is 5.32 Å². The van der Waals surface area contributed by atoms with Gasteiger partial charge >= 0.3 is 6.03 Å². The first-order valence-electron chi connectivity index (χ1n) is 10.00. The Morgan fingerprint density at radius 2 is 1.62 bits per heavy atom. The van der Waals surface area contributed by atoms with E-state index in [0.717, 1.165) is 17.0 Å². The maximum absolute atomic E-state index is 13.5. The fourth-order valence-corrected chi connectivity index (χ4v) is 5.32. The van der Waals surface area contributed by atoms with Crippen molar-refractivity contribution >= 4 is 22.0 Å². The van der Waals surface area contributed by atoms with Gasteiger partial charge in [0.25, 0.3) is 5.91 Å². The smallest absolute Gasteiger partial charge is 0.319 e. The molecule has 2 fully saturated rings. The van der Waals surface area contributed by atoms with Crippen LogP contribution in [0.1, 0.15) is 12.5 Å². The van der Waals surface area contributed by atoms with Crippen molar-refractivity contribution in [2.24, 2.45) is 0 Å². The van der Waals surface area contributed by atoms with E-state index in [4.69, 9.17) is 0 Å². The van der Waals surface area contributed by atoms with Crippen LogP contribution in [-0.4, -0.2) is 67.3 Å². The minimum atomic E-state index is -3.99. The molecular formula is C21H22F2N4O4S. The molecule has 0 aromatic heterocycles. The van der Waals surface area contributed by atoms with E-state index in [0.29, 0.717) is 11.6 Å². The molecule has 2 aromatic carbocycles. The van der Waals surface area contributed by atoms with Crippen molar-refractivity contribution < 1.29 is 26.8 Å². The molecule has 2 heterocycles. The van der Waals surface area contributed by atoms with Crippen LogP contribution in [-0.2, 0) is 20.4 Å². The molecule has 0 saturated carbocycles. The van der Waals surface area contributed by atoms with Gasteiger partial charge in [-0.2, -0.15) is 4.31 Å². The third-order valence-electron chi connectivity index (χ3n) is 5.83. The van der Waals surface area contributed by atoms with Crippen LogP contribution < -0.4 is 5.32 Å². The lowest BCUT2D eigenvalue weighted by Gasteiger charge is -2.35. The van der Waals surface area contributed by atoms with Gasteiger partial charge in [0.2, 0.25) is 10.0 Å². The number of nitrogens with one attached hydrogen (secondary N) is 1. The largest absolute Gasteiger partial charge is 0.326 e. The number of benzene rings is 2. The average molecular weight is 464 g/mol. The van der Waals surface area contributed by atoms with Gasteiger partial charge in [0.15, 0.2) is 11.6 Å². The normalized spacial score (nSPS) is 22.9. The van der Waals surface area contributed by atoms with Crippen LogP contribution in [0.4, 0.5) is 13.6 Å². The molecule has 2 aliphatic rings. The molecule has 0 bridgehead atoms. The van der Waals surface area contributed by atoms with E-state index in [-0.39, 0.29) is 43.7 Å². The molecule has 2 aliphatic heterocycles. The average Bonchev–Trinajstić information content (AvgIpc) is 3.00. The number of urea groups is 1. The van der Waals surface area contributed by atoms with Crippen LogP contribution in [0.2, 0.25) is 0 Å². The topological polar surface area (TPSA) is 90.0 Å². The maximum Gasteiger partial charge on any atom is 0.326 e. The van der Waals surface area contributed by atoms with Crippen molar-refractivity contribution in [1.29, 1.82) is 0 Å². The number of nitrogens with zero attached hydrogens (tertiary/aromatic N) is 3. The lowest BCUT2D eigenvalue weighted by molar-refractivity contribution is -0.132. The van der Waals surface area contributed by atoms with Gasteiger partial charge in [-0.25, -0.2) is 26.9 Å². The Morgan fingerprint density at radius 3 is 2.25 bits per heavy atom. The zero-order valence-electron chi connectivity index (χ0n) is 17.3. The molecule has 0 radical (unpaired) electrons. The van der Waals surface area contributed by atoms with E-state index < -0.39 is 33.2 Å². The number of sulfonamides is 1. The number of rotatable bonds is 5. The second-order valence-electron chi connectivity index (χ2n) is 7.89. The molecular weight excluding hydrogens is 442 g/mol. The first-order valence-corrected chi connectivity index (χ1v) is 11.4. The summed E-state index contributed by atoms with van der Waals surface area (Å²) in [7, 11) is -3.99. The second-order valence-corrected chi connectivity index (χ2v) is 9.83. The molecule has 0 spiro atoms. The summed E-state index contributed by atoms with van der Waals surface area (Å²) in [5.74, 6) is -2.74. The minimum absolute atomic E-state index is 0.0200. The van der Waals surface area contributed by atoms with E-state index in [9.17, 15) is 26.8 Å². The lowest BCUT2D eigenvalue weighted by atomic mass is 9.92. The predicted molar refractivity (Wildman–Crippen MR) is 111 cm³/mol. The van der Waals surface area contributed by atoms with Crippen LogP contribution in [0.3, 0.4) is 0 Å². The Kier molecular flexibility index (Phi) is 5.74. The third kappa shape index (κ3) is 3.87. The molecule has 1 atom stereocenters. The summed E-state index contributed by atoms with van der Waals surface area (Å²) in [6.45, 7) is 2.37. The number of imide groups is 1. The Morgan fingerprint density at radius 1 is 0.969 bits per heavy atom. The lowest BCUT2D eigenvalue weighted by Crippen LogP contribution is -2.52. The summed E-state index contributed by atoms with van der Waals surface area (Å²) in [6, 6.07) is 10.9. The van der Waals surface area contributed by atoms with Crippen molar-refractivity contribution in [1.82, 2.24) is 19.4 Å². The highest BCUT2D eigenvalue weighted by molar-refractivity contribution is 7.89. The zero-order chi connectivity index (χ0) is 23.1. The predicted octanol–water partition coefficient (Wildman–Crippen LogP) is 1.70. The summed E-state index contributed by atoms with van der Waals surface area (Å²) in [6.07, 6.45) is 0. The van der Waals surface area contributed by atoms with E-state index in [1.807, 2.05) is 6.07 Å². The highest BCUT2D eigenvalue weighted by Crippen LogP contribution is 2.29. The van der Waals surface area contributed by atoms with Crippen molar-refractivity contribution in [2.45, 2.75) is 17.4 Å². The molecule has 1 N–H and O–H groups in total.